The van der Waals surface area contributed by atoms with Crippen LogP contribution in [0.4, 0.5) is 0 Å². The van der Waals surface area contributed by atoms with Gasteiger partial charge in [-0.25, -0.2) is 4.99 Å². The van der Waals surface area contributed by atoms with E-state index in [9.17, 15) is 0 Å². The summed E-state index contributed by atoms with van der Waals surface area (Å²) in [6, 6.07) is 6.52. The number of methoxy groups -OCH3 is 1. The molecule has 3 heterocycles. The molecule has 4 rings (SSSR count). The van der Waals surface area contributed by atoms with Gasteiger partial charge in [0.2, 0.25) is 0 Å². The first-order chi connectivity index (χ1) is 14.7. The van der Waals surface area contributed by atoms with Gasteiger partial charge in [-0.1, -0.05) is 39.0 Å². The number of hydrogen-bond acceptors (Lipinski definition) is 2. The standard InChI is InChI=1S/C26H35N3O/c1-4-19-12-9-7-5-6-8-10-13-20-16-21(19)25(29(20)2)17-24-26(30-3)18-23(28-24)22-14-11-15-27-22/h11,14-19,27H,4-10,12-13H2,1-3H3/b24-17+. The molecule has 2 bridgehead atoms. The van der Waals surface area contributed by atoms with Crippen molar-refractivity contribution in [2.24, 2.45) is 12.0 Å². The number of nitrogens with one attached hydrogen (secondary N) is 1. The third-order valence-corrected chi connectivity index (χ3v) is 6.71. The predicted molar refractivity (Wildman–Crippen MR) is 125 cm³/mol. The second kappa shape index (κ2) is 9.55. The quantitative estimate of drug-likeness (QED) is 0.619. The molecule has 30 heavy (non-hydrogen) atoms. The zero-order valence-electron chi connectivity index (χ0n) is 18.7. The summed E-state index contributed by atoms with van der Waals surface area (Å²) in [6.07, 6.45) is 17.9. The van der Waals surface area contributed by atoms with E-state index in [2.05, 4.69) is 35.7 Å². The number of nitrogens with zero attached hydrogens (tertiary/aromatic N) is 2. The Morgan fingerprint density at radius 1 is 1.20 bits per heavy atom. The van der Waals surface area contributed by atoms with Crippen LogP contribution in [0.25, 0.3) is 6.08 Å². The van der Waals surface area contributed by atoms with E-state index in [0.717, 1.165) is 29.3 Å². The van der Waals surface area contributed by atoms with Gasteiger partial charge in [0.05, 0.1) is 18.5 Å². The summed E-state index contributed by atoms with van der Waals surface area (Å²) in [4.78, 5) is 8.16. The summed E-state index contributed by atoms with van der Waals surface area (Å²) < 4.78 is 8.09. The highest BCUT2D eigenvalue weighted by molar-refractivity contribution is 6.11. The first-order valence-corrected chi connectivity index (χ1v) is 11.6. The zero-order valence-corrected chi connectivity index (χ0v) is 18.7. The van der Waals surface area contributed by atoms with Crippen molar-refractivity contribution in [3.05, 3.63) is 64.6 Å². The molecule has 2 aliphatic rings. The first kappa shape index (κ1) is 20.8. The number of ether oxygens (including phenoxy) is 1. The van der Waals surface area contributed by atoms with Crippen LogP contribution >= 0.6 is 0 Å². The molecule has 1 aliphatic heterocycles. The molecule has 0 spiro atoms. The molecule has 0 saturated carbocycles. The Hall–Kier alpha value is -2.49. The molecular weight excluding hydrogens is 370 g/mol. The Labute approximate surface area is 180 Å². The average Bonchev–Trinajstić information content (AvgIpc) is 3.47. The molecule has 0 saturated heterocycles. The van der Waals surface area contributed by atoms with Crippen molar-refractivity contribution in [2.45, 2.75) is 70.6 Å². The molecule has 0 radical (unpaired) electrons. The minimum absolute atomic E-state index is 0.611. The van der Waals surface area contributed by atoms with E-state index < -0.39 is 0 Å². The van der Waals surface area contributed by atoms with E-state index in [0.29, 0.717) is 5.92 Å². The van der Waals surface area contributed by atoms with Crippen molar-refractivity contribution in [1.29, 1.82) is 0 Å². The van der Waals surface area contributed by atoms with Crippen molar-refractivity contribution >= 4 is 11.8 Å². The number of fused-ring (bicyclic) bond motifs is 2. The van der Waals surface area contributed by atoms with Crippen molar-refractivity contribution in [1.82, 2.24) is 9.55 Å². The topological polar surface area (TPSA) is 42.3 Å². The molecule has 160 valence electrons. The van der Waals surface area contributed by atoms with Crippen LogP contribution in [-0.2, 0) is 18.2 Å². The number of allylic oxidation sites excluding steroid dienone is 1. The van der Waals surface area contributed by atoms with Gasteiger partial charge >= 0.3 is 0 Å². The molecule has 4 heteroatoms. The monoisotopic (exact) mass is 405 g/mol. The Kier molecular flexibility index (Phi) is 6.61. The van der Waals surface area contributed by atoms with Gasteiger partial charge in [0, 0.05) is 30.7 Å². The van der Waals surface area contributed by atoms with Crippen molar-refractivity contribution < 1.29 is 4.74 Å². The van der Waals surface area contributed by atoms with Gasteiger partial charge in [0.1, 0.15) is 11.5 Å². The van der Waals surface area contributed by atoms with Gasteiger partial charge in [-0.3, -0.25) is 0 Å². The van der Waals surface area contributed by atoms with Gasteiger partial charge in [-0.2, -0.15) is 0 Å². The molecule has 1 atom stereocenters. The second-order valence-electron chi connectivity index (χ2n) is 8.62. The average molecular weight is 406 g/mol. The van der Waals surface area contributed by atoms with E-state index in [1.54, 1.807) is 7.11 Å². The number of aromatic amines is 1. The van der Waals surface area contributed by atoms with Crippen LogP contribution in [0.2, 0.25) is 0 Å². The Morgan fingerprint density at radius 2 is 2.00 bits per heavy atom. The van der Waals surface area contributed by atoms with Crippen LogP contribution in [0.1, 0.15) is 86.9 Å². The lowest BCUT2D eigenvalue weighted by molar-refractivity contribution is 0.303. The van der Waals surface area contributed by atoms with Gasteiger partial charge in [-0.15, -0.1) is 0 Å². The Morgan fingerprint density at radius 3 is 2.73 bits per heavy atom. The van der Waals surface area contributed by atoms with Gasteiger partial charge in [0.25, 0.3) is 0 Å². The summed E-state index contributed by atoms with van der Waals surface area (Å²) in [7, 11) is 3.95. The molecule has 1 unspecified atom stereocenters. The number of H-pyrrole nitrogens is 1. The fourth-order valence-electron chi connectivity index (χ4n) is 4.87. The number of rotatable bonds is 4. The SMILES string of the molecule is CCC1CCCCCCCCc2cc1c(/C=C1/N=C(c3ccc[nH]3)C=C1OC)n2C. The highest BCUT2D eigenvalue weighted by Gasteiger charge is 2.22. The zero-order chi connectivity index (χ0) is 20.9. The normalized spacial score (nSPS) is 21.7. The molecule has 2 aromatic heterocycles. The van der Waals surface area contributed by atoms with Crippen LogP contribution in [0, 0.1) is 0 Å². The highest BCUT2D eigenvalue weighted by atomic mass is 16.5. The number of aliphatic imine (C=N–C) groups is 1. The number of aryl methyl sites for hydroxylation is 1. The number of hydrogen-bond donors (Lipinski definition) is 1. The van der Waals surface area contributed by atoms with Crippen LogP contribution in [-0.4, -0.2) is 22.4 Å². The van der Waals surface area contributed by atoms with Crippen molar-refractivity contribution in [3.63, 3.8) is 0 Å². The van der Waals surface area contributed by atoms with E-state index >= 15 is 0 Å². The van der Waals surface area contributed by atoms with E-state index in [1.165, 1.54) is 68.3 Å². The Balaban J connectivity index is 1.75. The summed E-state index contributed by atoms with van der Waals surface area (Å²) in [5.74, 6) is 1.44. The van der Waals surface area contributed by atoms with Gasteiger partial charge < -0.3 is 14.3 Å². The van der Waals surface area contributed by atoms with Crippen LogP contribution < -0.4 is 0 Å². The maximum atomic E-state index is 5.69. The summed E-state index contributed by atoms with van der Waals surface area (Å²) in [5, 5.41) is 0. The second-order valence-corrected chi connectivity index (χ2v) is 8.62. The molecule has 0 aromatic carbocycles. The van der Waals surface area contributed by atoms with Gasteiger partial charge in [0.15, 0.2) is 0 Å². The lowest BCUT2D eigenvalue weighted by Gasteiger charge is -2.16. The molecule has 2 aromatic rings. The van der Waals surface area contributed by atoms with Crippen LogP contribution in [0.3, 0.4) is 0 Å². The summed E-state index contributed by atoms with van der Waals surface area (Å²) in [6.45, 7) is 2.33. The fourth-order valence-corrected chi connectivity index (χ4v) is 4.87. The van der Waals surface area contributed by atoms with E-state index in [1.807, 2.05) is 24.4 Å². The largest absolute Gasteiger partial charge is 0.494 e. The third-order valence-electron chi connectivity index (χ3n) is 6.71. The molecule has 1 aliphatic carbocycles. The molecule has 0 fully saturated rings. The molecular formula is C26H35N3O. The fraction of sp³-hybridized carbons (Fsp3) is 0.500. The molecule has 0 amide bonds. The van der Waals surface area contributed by atoms with Crippen LogP contribution in [0.15, 0.2) is 46.9 Å². The maximum Gasteiger partial charge on any atom is 0.146 e. The lowest BCUT2D eigenvalue weighted by Crippen LogP contribution is -2.02. The number of aromatic nitrogens is 2. The third kappa shape index (κ3) is 4.33. The first-order valence-electron chi connectivity index (χ1n) is 11.6. The minimum atomic E-state index is 0.611. The van der Waals surface area contributed by atoms with Gasteiger partial charge in [-0.05, 0) is 61.4 Å². The molecule has 1 N–H and O–H groups in total. The van der Waals surface area contributed by atoms with Crippen LogP contribution in [0.5, 0.6) is 0 Å². The smallest absolute Gasteiger partial charge is 0.146 e. The van der Waals surface area contributed by atoms with Crippen molar-refractivity contribution in [3.8, 4) is 0 Å². The minimum Gasteiger partial charge on any atom is -0.494 e. The lowest BCUT2D eigenvalue weighted by atomic mass is 9.89. The summed E-state index contributed by atoms with van der Waals surface area (Å²) in [5.41, 5.74) is 7.09. The van der Waals surface area contributed by atoms with Crippen molar-refractivity contribution in [2.75, 3.05) is 7.11 Å². The maximum absolute atomic E-state index is 5.69. The van der Waals surface area contributed by atoms with E-state index in [4.69, 9.17) is 9.73 Å². The molecule has 4 nitrogen and oxygen atoms in total. The van der Waals surface area contributed by atoms with E-state index in [-0.39, 0.29) is 0 Å². The predicted octanol–water partition coefficient (Wildman–Crippen LogP) is 6.51. The highest BCUT2D eigenvalue weighted by Crippen LogP contribution is 2.35. The Bertz CT molecular complexity index is 943. The summed E-state index contributed by atoms with van der Waals surface area (Å²) >= 11 is 0.